The maximum Gasteiger partial charge on any atom is 0.341 e. The van der Waals surface area contributed by atoms with Gasteiger partial charge in [-0.05, 0) is 40.8 Å². The molecule has 1 heterocycles. The third-order valence-electron chi connectivity index (χ3n) is 5.54. The number of carbonyl (C=O) groups is 2. The molecule has 3 amide bonds. The van der Waals surface area contributed by atoms with Crippen LogP contribution in [-0.4, -0.2) is 16.9 Å². The number of rotatable bonds is 4. The van der Waals surface area contributed by atoms with E-state index in [1.807, 2.05) is 72.8 Å². The van der Waals surface area contributed by atoms with Crippen LogP contribution < -0.4 is 10.7 Å². The highest BCUT2D eigenvalue weighted by atomic mass is 35.5. The number of carbonyl (C=O) groups excluding carboxylic acids is 2. The van der Waals surface area contributed by atoms with Gasteiger partial charge < -0.3 is 5.32 Å². The summed E-state index contributed by atoms with van der Waals surface area (Å²) in [6.07, 6.45) is 0. The molecule has 3 aromatic rings. The molecule has 0 saturated carbocycles. The lowest BCUT2D eigenvalue weighted by molar-refractivity contribution is -0.121. The number of halogens is 1. The van der Waals surface area contributed by atoms with E-state index >= 15 is 0 Å². The summed E-state index contributed by atoms with van der Waals surface area (Å²) in [5.74, 6) is -0.487. The van der Waals surface area contributed by atoms with Gasteiger partial charge in [-0.3, -0.25) is 10.2 Å². The second-order valence-electron chi connectivity index (χ2n) is 7.91. The first-order valence-corrected chi connectivity index (χ1v) is 10.6. The highest BCUT2D eigenvalue weighted by Gasteiger charge is 2.45. The lowest BCUT2D eigenvalue weighted by atomic mass is 9.87. The molecule has 6 heteroatoms. The number of nitrogens with zero attached hydrogens (tertiary/aromatic N) is 1. The molecular weight excluding hydrogens is 410 g/mol. The Bertz CT molecular complexity index is 1080. The fourth-order valence-electron chi connectivity index (χ4n) is 3.89. The van der Waals surface area contributed by atoms with Gasteiger partial charge in [0.05, 0.1) is 12.0 Å². The van der Waals surface area contributed by atoms with Crippen molar-refractivity contribution < 1.29 is 9.59 Å². The van der Waals surface area contributed by atoms with Crippen LogP contribution in [0.5, 0.6) is 0 Å². The molecule has 0 radical (unpaired) electrons. The number of nitrogens with one attached hydrogen (secondary N) is 2. The summed E-state index contributed by atoms with van der Waals surface area (Å²) in [6.45, 7) is 4.24. The van der Waals surface area contributed by atoms with Crippen molar-refractivity contribution in [2.45, 2.75) is 31.7 Å². The van der Waals surface area contributed by atoms with Crippen molar-refractivity contribution in [3.05, 3.63) is 101 Å². The molecule has 2 unspecified atom stereocenters. The van der Waals surface area contributed by atoms with Crippen LogP contribution in [-0.2, 0) is 4.79 Å². The van der Waals surface area contributed by atoms with E-state index < -0.39 is 18.0 Å². The molecule has 0 spiro atoms. The highest BCUT2D eigenvalue weighted by Crippen LogP contribution is 2.42. The molecule has 1 aliphatic rings. The van der Waals surface area contributed by atoms with Crippen molar-refractivity contribution in [2.24, 2.45) is 0 Å². The third kappa shape index (κ3) is 4.28. The smallest absolute Gasteiger partial charge is 0.306 e. The number of hydrogen-bond donors (Lipinski definition) is 2. The summed E-state index contributed by atoms with van der Waals surface area (Å²) >= 11 is 6.42. The van der Waals surface area contributed by atoms with Crippen LogP contribution in [0, 0.1) is 0 Å². The molecule has 0 bridgehead atoms. The topological polar surface area (TPSA) is 61.4 Å². The van der Waals surface area contributed by atoms with E-state index in [9.17, 15) is 9.59 Å². The van der Waals surface area contributed by atoms with Gasteiger partial charge in [0.1, 0.15) is 0 Å². The van der Waals surface area contributed by atoms with Crippen LogP contribution in [0.25, 0.3) is 0 Å². The third-order valence-corrected chi connectivity index (χ3v) is 5.88. The monoisotopic (exact) mass is 433 g/mol. The largest absolute Gasteiger partial charge is 0.341 e. The summed E-state index contributed by atoms with van der Waals surface area (Å²) in [5.41, 5.74) is 6.13. The Labute approximate surface area is 187 Å². The Morgan fingerprint density at radius 1 is 0.968 bits per heavy atom. The first kappa shape index (κ1) is 20.9. The molecule has 5 nitrogen and oxygen atoms in total. The summed E-state index contributed by atoms with van der Waals surface area (Å²) in [6, 6.07) is 23.5. The molecule has 2 atom stereocenters. The minimum absolute atomic E-state index is 0.271. The van der Waals surface area contributed by atoms with Crippen molar-refractivity contribution in [1.29, 1.82) is 0 Å². The Morgan fingerprint density at radius 3 is 2.26 bits per heavy atom. The molecule has 31 heavy (non-hydrogen) atoms. The van der Waals surface area contributed by atoms with Gasteiger partial charge >= 0.3 is 6.03 Å². The number of hydrogen-bond acceptors (Lipinski definition) is 2. The van der Waals surface area contributed by atoms with Crippen LogP contribution in [0.2, 0.25) is 5.02 Å². The predicted molar refractivity (Wildman–Crippen MR) is 123 cm³/mol. The molecule has 1 fully saturated rings. The quantitative estimate of drug-likeness (QED) is 0.540. The zero-order valence-electron chi connectivity index (χ0n) is 17.4. The van der Waals surface area contributed by atoms with E-state index in [4.69, 9.17) is 11.6 Å². The lowest BCUT2D eigenvalue weighted by Gasteiger charge is -2.27. The predicted octanol–water partition coefficient (Wildman–Crippen LogP) is 5.87. The van der Waals surface area contributed by atoms with Crippen LogP contribution in [0.1, 0.15) is 48.4 Å². The number of hydrazine groups is 1. The first-order valence-electron chi connectivity index (χ1n) is 10.3. The summed E-state index contributed by atoms with van der Waals surface area (Å²) in [7, 11) is 0. The second-order valence-corrected chi connectivity index (χ2v) is 8.31. The van der Waals surface area contributed by atoms with Gasteiger partial charge in [-0.2, -0.15) is 0 Å². The van der Waals surface area contributed by atoms with Gasteiger partial charge in [0.2, 0.25) is 5.91 Å². The number of anilines is 1. The van der Waals surface area contributed by atoms with Gasteiger partial charge in [-0.25, -0.2) is 9.80 Å². The van der Waals surface area contributed by atoms with E-state index in [1.165, 1.54) is 10.6 Å². The maximum absolute atomic E-state index is 13.2. The standard InChI is InChI=1S/C25H24ClN3O2/c1-16(2)17-12-14-19(15-13-17)27-25(31)29-23(18-8-4-3-5-9-18)22(24(30)28-29)20-10-6-7-11-21(20)26/h3-16,22-23H,1-2H3,(H,27,31)(H,28,30). The normalized spacial score (nSPS) is 18.2. The van der Waals surface area contributed by atoms with E-state index in [0.717, 1.165) is 5.56 Å². The molecule has 0 aliphatic carbocycles. The summed E-state index contributed by atoms with van der Waals surface area (Å²) < 4.78 is 0. The molecule has 1 aliphatic heterocycles. The van der Waals surface area contributed by atoms with Crippen LogP contribution in [0.15, 0.2) is 78.9 Å². The second kappa shape index (κ2) is 8.82. The zero-order chi connectivity index (χ0) is 22.0. The molecule has 2 N–H and O–H groups in total. The Kier molecular flexibility index (Phi) is 5.96. The van der Waals surface area contributed by atoms with Crippen molar-refractivity contribution in [2.75, 3.05) is 5.32 Å². The van der Waals surface area contributed by atoms with E-state index in [0.29, 0.717) is 22.2 Å². The van der Waals surface area contributed by atoms with E-state index in [1.54, 1.807) is 6.07 Å². The molecule has 1 saturated heterocycles. The van der Waals surface area contributed by atoms with Crippen molar-refractivity contribution in [3.63, 3.8) is 0 Å². The highest BCUT2D eigenvalue weighted by molar-refractivity contribution is 6.31. The fourth-order valence-corrected chi connectivity index (χ4v) is 4.15. The van der Waals surface area contributed by atoms with Crippen LogP contribution in [0.4, 0.5) is 10.5 Å². The van der Waals surface area contributed by atoms with E-state index in [-0.39, 0.29) is 5.91 Å². The molecule has 3 aromatic carbocycles. The Morgan fingerprint density at radius 2 is 1.61 bits per heavy atom. The lowest BCUT2D eigenvalue weighted by Crippen LogP contribution is -2.42. The van der Waals surface area contributed by atoms with Gasteiger partial charge in [0, 0.05) is 10.7 Å². The average molecular weight is 434 g/mol. The average Bonchev–Trinajstić information content (AvgIpc) is 3.12. The first-order chi connectivity index (χ1) is 15.0. The van der Waals surface area contributed by atoms with Crippen LogP contribution in [0.3, 0.4) is 0 Å². The molecule has 0 aromatic heterocycles. The summed E-state index contributed by atoms with van der Waals surface area (Å²) in [5, 5.41) is 4.75. The van der Waals surface area contributed by atoms with Crippen LogP contribution >= 0.6 is 11.6 Å². The minimum atomic E-state index is -0.620. The summed E-state index contributed by atoms with van der Waals surface area (Å²) in [4.78, 5) is 26.2. The van der Waals surface area contributed by atoms with Crippen molar-refractivity contribution in [3.8, 4) is 0 Å². The SMILES string of the molecule is CC(C)c1ccc(NC(=O)N2NC(=O)C(c3ccccc3Cl)C2c2ccccc2)cc1. The molecule has 158 valence electrons. The maximum atomic E-state index is 13.2. The van der Waals surface area contributed by atoms with Gasteiger partial charge in [0.15, 0.2) is 0 Å². The number of amides is 3. The van der Waals surface area contributed by atoms with Crippen molar-refractivity contribution in [1.82, 2.24) is 10.4 Å². The van der Waals surface area contributed by atoms with Gasteiger partial charge in [0.25, 0.3) is 0 Å². The van der Waals surface area contributed by atoms with Gasteiger partial charge in [-0.1, -0.05) is 86.1 Å². The molecule has 4 rings (SSSR count). The fraction of sp³-hybridized carbons (Fsp3) is 0.200. The molecular formula is C25H24ClN3O2. The number of benzene rings is 3. The Balaban J connectivity index is 1.66. The minimum Gasteiger partial charge on any atom is -0.306 e. The number of urea groups is 1. The van der Waals surface area contributed by atoms with E-state index in [2.05, 4.69) is 24.6 Å². The van der Waals surface area contributed by atoms with Crippen molar-refractivity contribution >= 4 is 29.2 Å². The zero-order valence-corrected chi connectivity index (χ0v) is 18.1. The van der Waals surface area contributed by atoms with Gasteiger partial charge in [-0.15, -0.1) is 0 Å². The Hall–Kier alpha value is -3.31.